The molecule has 0 saturated heterocycles. The Morgan fingerprint density at radius 1 is 1.46 bits per heavy atom. The molecule has 0 heterocycles. The van der Waals surface area contributed by atoms with Gasteiger partial charge in [-0.15, -0.1) is 0 Å². The molecule has 0 rings (SSSR count). The van der Waals surface area contributed by atoms with Crippen LogP contribution in [0.3, 0.4) is 0 Å². The Hall–Kier alpha value is -1.31. The van der Waals surface area contributed by atoms with E-state index in [2.05, 4.69) is 4.74 Å². The molecule has 0 aliphatic heterocycles. The summed E-state index contributed by atoms with van der Waals surface area (Å²) in [7, 11) is 0. The fourth-order valence-electron chi connectivity index (χ4n) is 0.319. The molecule has 76 valence electrons. The fourth-order valence-corrected chi connectivity index (χ4v) is 0.319. The first-order valence-electron chi connectivity index (χ1n) is 2.97. The number of carboxylic acid groups (broad SMARTS) is 1. The van der Waals surface area contributed by atoms with Crippen molar-refractivity contribution in [1.29, 1.82) is 0 Å². The predicted octanol–water partition coefficient (Wildman–Crippen LogP) is -0.496. The molecule has 0 aliphatic rings. The van der Waals surface area contributed by atoms with Crippen LogP contribution < -0.4 is 5.73 Å². The molecular weight excluding hydrogens is 195 g/mol. The number of esters is 1. The number of nitrogens with two attached hydrogens (primary N) is 1. The highest BCUT2D eigenvalue weighted by atomic mass is 19.4. The lowest BCUT2D eigenvalue weighted by atomic mass is 10.3. The van der Waals surface area contributed by atoms with Crippen LogP contribution in [-0.2, 0) is 14.3 Å². The smallest absolute Gasteiger partial charge is 0.480 e. The molecule has 0 aromatic heterocycles. The topological polar surface area (TPSA) is 89.6 Å². The van der Waals surface area contributed by atoms with E-state index >= 15 is 0 Å². The largest absolute Gasteiger partial charge is 0.490 e. The summed E-state index contributed by atoms with van der Waals surface area (Å²) in [6, 6.07) is -1.65. The summed E-state index contributed by atoms with van der Waals surface area (Å²) >= 11 is 0. The minimum Gasteiger partial charge on any atom is -0.480 e. The van der Waals surface area contributed by atoms with E-state index in [-0.39, 0.29) is 0 Å². The highest BCUT2D eigenvalue weighted by Crippen LogP contribution is 2.16. The fraction of sp³-hybridized carbons (Fsp3) is 0.600. The molecule has 0 amide bonds. The number of carboxylic acids is 1. The summed E-state index contributed by atoms with van der Waals surface area (Å²) in [6.45, 7) is -1.01. The summed E-state index contributed by atoms with van der Waals surface area (Å²) in [6.07, 6.45) is -5.13. The molecule has 0 radical (unpaired) electrons. The van der Waals surface area contributed by atoms with E-state index in [0.29, 0.717) is 0 Å². The normalized spacial score (nSPS) is 13.5. The van der Waals surface area contributed by atoms with E-state index in [1.807, 2.05) is 0 Å². The monoisotopic (exact) mass is 201 g/mol. The molecular formula is C5H6F3NO4. The number of carbonyl (C=O) groups excluding carboxylic acids is 1. The van der Waals surface area contributed by atoms with Gasteiger partial charge in [-0.1, -0.05) is 0 Å². The molecule has 0 aromatic carbocycles. The molecule has 3 N–H and O–H groups in total. The second-order valence-electron chi connectivity index (χ2n) is 2.04. The van der Waals surface area contributed by atoms with Crippen molar-refractivity contribution in [2.24, 2.45) is 5.73 Å². The molecule has 0 saturated carbocycles. The van der Waals surface area contributed by atoms with Crippen LogP contribution in [0.4, 0.5) is 13.2 Å². The van der Waals surface area contributed by atoms with Crippen molar-refractivity contribution >= 4 is 11.9 Å². The zero-order valence-electron chi connectivity index (χ0n) is 6.17. The molecule has 1 atom stereocenters. The van der Waals surface area contributed by atoms with Gasteiger partial charge >= 0.3 is 18.1 Å². The SMILES string of the molecule is NC(COC(=O)C(F)(F)F)C(=O)O. The van der Waals surface area contributed by atoms with Gasteiger partial charge in [0.2, 0.25) is 0 Å². The highest BCUT2D eigenvalue weighted by molar-refractivity contribution is 5.77. The van der Waals surface area contributed by atoms with Crippen LogP contribution in [0.2, 0.25) is 0 Å². The number of aliphatic carboxylic acids is 1. The van der Waals surface area contributed by atoms with E-state index in [1.54, 1.807) is 0 Å². The lowest BCUT2D eigenvalue weighted by Crippen LogP contribution is -2.38. The van der Waals surface area contributed by atoms with Crippen LogP contribution in [0.25, 0.3) is 0 Å². The summed E-state index contributed by atoms with van der Waals surface area (Å²) < 4.78 is 37.9. The maximum Gasteiger partial charge on any atom is 0.490 e. The van der Waals surface area contributed by atoms with Crippen LogP contribution in [0, 0.1) is 0 Å². The summed E-state index contributed by atoms with van der Waals surface area (Å²) in [4.78, 5) is 20.0. The lowest BCUT2D eigenvalue weighted by Gasteiger charge is -2.09. The van der Waals surface area contributed by atoms with Crippen molar-refractivity contribution < 1.29 is 32.6 Å². The van der Waals surface area contributed by atoms with Crippen LogP contribution in [-0.4, -0.2) is 35.9 Å². The number of halogens is 3. The molecule has 0 fully saturated rings. The quantitative estimate of drug-likeness (QED) is 0.601. The Balaban J connectivity index is 3.91. The van der Waals surface area contributed by atoms with Gasteiger partial charge in [0, 0.05) is 0 Å². The number of rotatable bonds is 3. The van der Waals surface area contributed by atoms with Crippen molar-refractivity contribution in [1.82, 2.24) is 0 Å². The van der Waals surface area contributed by atoms with Gasteiger partial charge in [0.25, 0.3) is 0 Å². The Labute approximate surface area is 70.3 Å². The van der Waals surface area contributed by atoms with Gasteiger partial charge in [-0.05, 0) is 0 Å². The van der Waals surface area contributed by atoms with Gasteiger partial charge in [0.1, 0.15) is 12.6 Å². The van der Waals surface area contributed by atoms with Crippen LogP contribution in [0.1, 0.15) is 0 Å². The Morgan fingerprint density at radius 2 is 1.92 bits per heavy atom. The third-order valence-corrected chi connectivity index (χ3v) is 0.943. The van der Waals surface area contributed by atoms with Crippen molar-refractivity contribution in [3.8, 4) is 0 Å². The van der Waals surface area contributed by atoms with Gasteiger partial charge in [0.05, 0.1) is 0 Å². The maximum atomic E-state index is 11.4. The number of hydrogen-bond donors (Lipinski definition) is 2. The molecule has 8 heteroatoms. The molecule has 1 unspecified atom stereocenters. The van der Waals surface area contributed by atoms with E-state index in [4.69, 9.17) is 10.8 Å². The third-order valence-electron chi connectivity index (χ3n) is 0.943. The Kier molecular flexibility index (Phi) is 3.67. The second kappa shape index (κ2) is 4.08. The van der Waals surface area contributed by atoms with Gasteiger partial charge in [-0.3, -0.25) is 4.79 Å². The average molecular weight is 201 g/mol. The molecule has 5 nitrogen and oxygen atoms in total. The van der Waals surface area contributed by atoms with Crippen LogP contribution >= 0.6 is 0 Å². The highest BCUT2D eigenvalue weighted by Gasteiger charge is 2.41. The number of hydrogen-bond acceptors (Lipinski definition) is 4. The molecule has 13 heavy (non-hydrogen) atoms. The molecule has 0 aliphatic carbocycles. The zero-order valence-corrected chi connectivity index (χ0v) is 6.17. The average Bonchev–Trinajstić information content (AvgIpc) is 1.97. The van der Waals surface area contributed by atoms with Gasteiger partial charge in [-0.2, -0.15) is 13.2 Å². The van der Waals surface area contributed by atoms with Gasteiger partial charge in [0.15, 0.2) is 0 Å². The van der Waals surface area contributed by atoms with E-state index in [1.165, 1.54) is 0 Å². The van der Waals surface area contributed by atoms with Crippen molar-refractivity contribution in [2.75, 3.05) is 6.61 Å². The molecule has 0 bridgehead atoms. The van der Waals surface area contributed by atoms with Crippen molar-refractivity contribution in [3.05, 3.63) is 0 Å². The third kappa shape index (κ3) is 4.31. The Bertz CT molecular complexity index is 214. The first-order valence-corrected chi connectivity index (χ1v) is 2.97. The van der Waals surface area contributed by atoms with Gasteiger partial charge in [-0.25, -0.2) is 4.79 Å². The van der Waals surface area contributed by atoms with Crippen LogP contribution in [0.5, 0.6) is 0 Å². The van der Waals surface area contributed by atoms with Gasteiger partial charge < -0.3 is 15.6 Å². The minimum absolute atomic E-state index is 1.01. The number of alkyl halides is 3. The summed E-state index contributed by atoms with van der Waals surface area (Å²) in [5.74, 6) is -4.00. The minimum atomic E-state index is -5.13. The first kappa shape index (κ1) is 11.7. The van der Waals surface area contributed by atoms with Crippen molar-refractivity contribution in [2.45, 2.75) is 12.2 Å². The van der Waals surface area contributed by atoms with Crippen molar-refractivity contribution in [3.63, 3.8) is 0 Å². The van der Waals surface area contributed by atoms with Crippen LogP contribution in [0.15, 0.2) is 0 Å². The molecule has 0 aromatic rings. The van der Waals surface area contributed by atoms with E-state index in [0.717, 1.165) is 0 Å². The number of ether oxygens (including phenoxy) is 1. The van der Waals surface area contributed by atoms with E-state index < -0.39 is 30.8 Å². The second-order valence-corrected chi connectivity index (χ2v) is 2.04. The van der Waals surface area contributed by atoms with E-state index in [9.17, 15) is 22.8 Å². The zero-order chi connectivity index (χ0) is 10.6. The lowest BCUT2D eigenvalue weighted by molar-refractivity contribution is -0.200. The summed E-state index contributed by atoms with van der Waals surface area (Å²) in [5.41, 5.74) is 4.76. The Morgan fingerprint density at radius 3 is 2.23 bits per heavy atom. The summed E-state index contributed by atoms with van der Waals surface area (Å²) in [5, 5.41) is 8.10. The maximum absolute atomic E-state index is 11.4. The first-order chi connectivity index (χ1) is 5.75. The molecule has 0 spiro atoms. The standard InChI is InChI=1S/C5H6F3NO4/c6-5(7,8)4(12)13-1-2(9)3(10)11/h2H,1,9H2,(H,10,11). The number of carbonyl (C=O) groups is 2. The predicted molar refractivity (Wildman–Crippen MR) is 32.6 cm³/mol.